The molecule has 0 fully saturated rings. The van der Waals surface area contributed by atoms with E-state index in [-0.39, 0.29) is 16.6 Å². The lowest BCUT2D eigenvalue weighted by molar-refractivity contribution is -0.384. The number of hydrogen-bond donors (Lipinski definition) is 1. The van der Waals surface area contributed by atoms with Gasteiger partial charge < -0.3 is 0 Å². The predicted octanol–water partition coefficient (Wildman–Crippen LogP) is 2.53. The molecule has 0 saturated carbocycles. The van der Waals surface area contributed by atoms with Gasteiger partial charge in [-0.15, -0.1) is 5.10 Å². The van der Waals surface area contributed by atoms with Gasteiger partial charge in [-0.25, -0.2) is 5.01 Å². The Balaban J connectivity index is 1.91. The van der Waals surface area contributed by atoms with E-state index in [1.54, 1.807) is 18.2 Å². The Hall–Kier alpha value is -2.91. The second kappa shape index (κ2) is 7.84. The van der Waals surface area contributed by atoms with Crippen LogP contribution in [0.3, 0.4) is 0 Å². The molecule has 2 aromatic rings. The molecule has 0 spiro atoms. The normalized spacial score (nSPS) is 17.7. The van der Waals surface area contributed by atoms with Crippen LogP contribution in [0.25, 0.3) is 5.70 Å². The minimum Gasteiger partial charge on any atom is -0.298 e. The molecule has 2 heterocycles. The number of nitro benzene ring substituents is 1. The molecule has 148 valence electrons. The van der Waals surface area contributed by atoms with E-state index in [2.05, 4.69) is 10.4 Å². The number of benzene rings is 2. The Morgan fingerprint density at radius 2 is 2.10 bits per heavy atom. The van der Waals surface area contributed by atoms with E-state index in [0.29, 0.717) is 27.0 Å². The molecule has 1 amide bonds. The van der Waals surface area contributed by atoms with Crippen molar-refractivity contribution in [2.75, 3.05) is 5.75 Å². The number of hydrazone groups is 1. The number of fused-ring (bicyclic) bond motifs is 2. The van der Waals surface area contributed by atoms with Crippen LogP contribution >= 0.6 is 23.4 Å². The van der Waals surface area contributed by atoms with Gasteiger partial charge >= 0.3 is 0 Å². The van der Waals surface area contributed by atoms with E-state index < -0.39 is 11.1 Å². The molecule has 0 aromatic heterocycles. The maximum Gasteiger partial charge on any atom is 0.288 e. The van der Waals surface area contributed by atoms with Gasteiger partial charge in [0.15, 0.2) is 11.3 Å². The third-order valence-electron chi connectivity index (χ3n) is 4.42. The molecule has 10 heteroatoms. The zero-order valence-corrected chi connectivity index (χ0v) is 16.9. The van der Waals surface area contributed by atoms with Crippen molar-refractivity contribution in [2.45, 2.75) is 19.5 Å². The summed E-state index contributed by atoms with van der Waals surface area (Å²) in [4.78, 5) is 28.4. The zero-order valence-electron chi connectivity index (χ0n) is 15.3. The third kappa shape index (κ3) is 3.58. The molecule has 2 aromatic carbocycles. The van der Waals surface area contributed by atoms with Crippen LogP contribution in [0.5, 0.6) is 0 Å². The minimum absolute atomic E-state index is 0.0400. The summed E-state index contributed by atoms with van der Waals surface area (Å²) in [5.74, 6) is 0.516. The van der Waals surface area contributed by atoms with E-state index in [0.717, 1.165) is 12.2 Å². The van der Waals surface area contributed by atoms with Crippen molar-refractivity contribution >= 4 is 45.8 Å². The molecular weight excluding hydrogens is 414 g/mol. The molecule has 0 unspecified atom stereocenters. The van der Waals surface area contributed by atoms with E-state index >= 15 is 0 Å². The fourth-order valence-corrected chi connectivity index (χ4v) is 4.03. The number of halogens is 1. The summed E-state index contributed by atoms with van der Waals surface area (Å²) < 4.78 is 0. The smallest absolute Gasteiger partial charge is 0.288 e. The van der Waals surface area contributed by atoms with Crippen molar-refractivity contribution in [3.8, 4) is 0 Å². The fraction of sp³-hybridized carbons (Fsp3) is 0.211. The Morgan fingerprint density at radius 1 is 1.31 bits per heavy atom. The molecule has 0 bridgehead atoms. The van der Waals surface area contributed by atoms with Crippen LogP contribution in [0.4, 0.5) is 5.69 Å². The topological polar surface area (TPSA) is 100 Å². The number of hydrogen-bond acceptors (Lipinski definition) is 7. The first-order valence-electron chi connectivity index (χ1n) is 8.92. The molecule has 0 saturated heterocycles. The van der Waals surface area contributed by atoms with Crippen molar-refractivity contribution in [1.82, 2.24) is 10.3 Å². The third-order valence-corrected chi connectivity index (χ3v) is 5.81. The van der Waals surface area contributed by atoms with Crippen molar-refractivity contribution in [3.05, 3.63) is 73.7 Å². The number of para-hydroxylation sites is 1. The monoisotopic (exact) mass is 429 g/mol. The lowest BCUT2D eigenvalue weighted by atomic mass is 10.1. The van der Waals surface area contributed by atoms with Gasteiger partial charge in [0, 0.05) is 22.6 Å². The average molecular weight is 430 g/mol. The van der Waals surface area contributed by atoms with Gasteiger partial charge in [-0.3, -0.25) is 25.2 Å². The van der Waals surface area contributed by atoms with E-state index in [1.165, 1.54) is 28.9 Å². The number of carbonyl (C=O) groups excluding carboxylic acids is 1. The molecule has 2 aliphatic rings. The highest BCUT2D eigenvalue weighted by molar-refractivity contribution is 8.13. The Kier molecular flexibility index (Phi) is 5.25. The number of nitrogens with zero attached hydrogens (tertiary/aromatic N) is 4. The Morgan fingerprint density at radius 3 is 2.86 bits per heavy atom. The molecule has 8 nitrogen and oxygen atoms in total. The highest BCUT2D eigenvalue weighted by Gasteiger charge is 2.35. The highest BCUT2D eigenvalue weighted by atomic mass is 35.5. The molecule has 1 N–H and O–H groups in total. The number of nitro groups is 1. The molecule has 2 aliphatic heterocycles. The van der Waals surface area contributed by atoms with Gasteiger partial charge in [0.2, 0.25) is 0 Å². The van der Waals surface area contributed by atoms with Crippen LogP contribution in [-0.2, 0) is 4.79 Å². The molecular formula is C19H16ClN5O3S. The van der Waals surface area contributed by atoms with E-state index in [9.17, 15) is 14.9 Å². The predicted molar refractivity (Wildman–Crippen MR) is 112 cm³/mol. The van der Waals surface area contributed by atoms with Crippen LogP contribution in [0, 0.1) is 10.1 Å². The summed E-state index contributed by atoms with van der Waals surface area (Å²) in [6, 6.07) is 11.8. The van der Waals surface area contributed by atoms with Crippen molar-refractivity contribution in [2.24, 2.45) is 10.1 Å². The van der Waals surface area contributed by atoms with E-state index in [1.807, 2.05) is 19.1 Å². The lowest BCUT2D eigenvalue weighted by Crippen LogP contribution is -2.50. The first-order chi connectivity index (χ1) is 14.0. The van der Waals surface area contributed by atoms with Crippen molar-refractivity contribution in [1.29, 1.82) is 0 Å². The first-order valence-corrected chi connectivity index (χ1v) is 10.3. The van der Waals surface area contributed by atoms with Gasteiger partial charge in [0.1, 0.15) is 10.7 Å². The summed E-state index contributed by atoms with van der Waals surface area (Å²) in [5.41, 5.74) is 0.663. The first kappa shape index (κ1) is 19.4. The quantitative estimate of drug-likeness (QED) is 0.594. The SMILES string of the molecule is CCCSC1=NN2C(=c3ccccc3=N[C@@H]2c2ccc(Cl)c([N+](=O)[O-])c2)C(=O)N1. The molecule has 0 radical (unpaired) electrons. The van der Waals surface area contributed by atoms with Gasteiger partial charge in [-0.05, 0) is 18.6 Å². The highest BCUT2D eigenvalue weighted by Crippen LogP contribution is 2.34. The number of thioether (sulfide) groups is 1. The average Bonchev–Trinajstić information content (AvgIpc) is 2.71. The summed E-state index contributed by atoms with van der Waals surface area (Å²) in [5, 5.41) is 22.1. The minimum atomic E-state index is -0.723. The van der Waals surface area contributed by atoms with Gasteiger partial charge in [-0.2, -0.15) is 0 Å². The second-order valence-electron chi connectivity index (χ2n) is 6.39. The standard InChI is InChI=1S/C19H16ClN5O3S/c1-2-9-29-19-22-18(26)16-12-5-3-4-6-14(12)21-17(24(16)23-19)11-7-8-13(20)15(10-11)25(27)28/h3-8,10,17H,2,9H2,1H3,(H,22,23,26)/t17-/m0/s1. The molecule has 4 rings (SSSR count). The zero-order chi connectivity index (χ0) is 20.5. The second-order valence-corrected chi connectivity index (χ2v) is 7.88. The summed E-state index contributed by atoms with van der Waals surface area (Å²) in [7, 11) is 0. The van der Waals surface area contributed by atoms with Crippen LogP contribution in [-0.4, -0.2) is 26.8 Å². The maximum absolute atomic E-state index is 12.9. The van der Waals surface area contributed by atoms with Gasteiger partial charge in [0.05, 0.1) is 10.3 Å². The van der Waals surface area contributed by atoms with Gasteiger partial charge in [-0.1, -0.05) is 54.6 Å². The van der Waals surface area contributed by atoms with Crippen LogP contribution in [0.2, 0.25) is 5.02 Å². The number of amidine groups is 1. The Bertz CT molecular complexity index is 1170. The summed E-state index contributed by atoms with van der Waals surface area (Å²) in [6.07, 6.45) is 0.204. The Labute approximate surface area is 175 Å². The van der Waals surface area contributed by atoms with Gasteiger partial charge in [0.25, 0.3) is 11.6 Å². The summed E-state index contributed by atoms with van der Waals surface area (Å²) in [6.45, 7) is 2.04. The molecule has 29 heavy (non-hydrogen) atoms. The lowest BCUT2D eigenvalue weighted by Gasteiger charge is -2.34. The number of carbonyl (C=O) groups is 1. The van der Waals surface area contributed by atoms with Crippen LogP contribution in [0.15, 0.2) is 52.6 Å². The maximum atomic E-state index is 12.9. The van der Waals surface area contributed by atoms with Crippen molar-refractivity contribution < 1.29 is 9.72 Å². The number of nitrogens with one attached hydrogen (secondary N) is 1. The number of rotatable bonds is 4. The van der Waals surface area contributed by atoms with Crippen LogP contribution in [0.1, 0.15) is 25.1 Å². The summed E-state index contributed by atoms with van der Waals surface area (Å²) >= 11 is 7.40. The largest absolute Gasteiger partial charge is 0.298 e. The molecule has 1 atom stereocenters. The van der Waals surface area contributed by atoms with E-state index in [4.69, 9.17) is 16.6 Å². The number of amides is 1. The molecule has 0 aliphatic carbocycles. The van der Waals surface area contributed by atoms with Crippen LogP contribution < -0.4 is 15.9 Å². The fourth-order valence-electron chi connectivity index (χ4n) is 3.14. The van der Waals surface area contributed by atoms with Crippen molar-refractivity contribution in [3.63, 3.8) is 0 Å².